The van der Waals surface area contributed by atoms with E-state index < -0.39 is 28.3 Å². The number of cyclic esters (lactones) is 1. The summed E-state index contributed by atoms with van der Waals surface area (Å²) in [6, 6.07) is 3.40. The average molecular weight is 361 g/mol. The molecule has 1 aliphatic heterocycles. The van der Waals surface area contributed by atoms with Gasteiger partial charge in [0, 0.05) is 14.0 Å². The van der Waals surface area contributed by atoms with Gasteiger partial charge in [-0.05, 0) is 18.2 Å². The van der Waals surface area contributed by atoms with E-state index in [4.69, 9.17) is 9.29 Å². The third kappa shape index (κ3) is 3.92. The summed E-state index contributed by atoms with van der Waals surface area (Å²) in [6.45, 7) is 1.56. The third-order valence-electron chi connectivity index (χ3n) is 3.38. The summed E-state index contributed by atoms with van der Waals surface area (Å²) in [5, 5.41) is 2.51. The number of carbonyl (C=O) groups excluding carboxylic acids is 2. The molecule has 2 amide bonds. The van der Waals surface area contributed by atoms with Gasteiger partial charge in [0.15, 0.2) is 0 Å². The minimum Gasteiger partial charge on any atom is -0.442 e. The summed E-state index contributed by atoms with van der Waals surface area (Å²) in [5.74, 6) is -1.21. The Kier molecular flexibility index (Phi) is 4.94. The Hall–Kier alpha value is -2.40. The Morgan fingerprint density at radius 3 is 2.75 bits per heavy atom. The summed E-state index contributed by atoms with van der Waals surface area (Å²) in [5.41, 5.74) is -0.209. The quantitative estimate of drug-likeness (QED) is 0.739. The Morgan fingerprint density at radius 1 is 1.54 bits per heavy atom. The van der Waals surface area contributed by atoms with Crippen LogP contribution in [0.1, 0.15) is 6.92 Å². The van der Waals surface area contributed by atoms with Gasteiger partial charge in [0.2, 0.25) is 5.91 Å². The lowest BCUT2D eigenvalue weighted by atomic mass is 10.2. The van der Waals surface area contributed by atoms with Gasteiger partial charge >= 0.3 is 16.4 Å². The topological polar surface area (TPSA) is 116 Å². The minimum absolute atomic E-state index is 0.103. The smallest absolute Gasteiger partial charge is 0.414 e. The summed E-state index contributed by atoms with van der Waals surface area (Å²) in [4.78, 5) is 23.9. The van der Waals surface area contributed by atoms with Crippen LogP contribution < -0.4 is 14.5 Å². The van der Waals surface area contributed by atoms with E-state index in [0.717, 1.165) is 24.1 Å². The molecule has 2 N–H and O–H groups in total. The van der Waals surface area contributed by atoms with Crippen molar-refractivity contribution in [3.63, 3.8) is 0 Å². The van der Waals surface area contributed by atoms with E-state index in [9.17, 15) is 22.4 Å². The maximum absolute atomic E-state index is 14.1. The molecule has 1 fully saturated rings. The van der Waals surface area contributed by atoms with Crippen molar-refractivity contribution < 1.29 is 31.7 Å². The monoisotopic (exact) mass is 361 g/mol. The van der Waals surface area contributed by atoms with Gasteiger partial charge < -0.3 is 10.1 Å². The summed E-state index contributed by atoms with van der Waals surface area (Å²) in [7, 11) is -3.61. The number of hydrogen-bond acceptors (Lipinski definition) is 5. The van der Waals surface area contributed by atoms with Crippen molar-refractivity contribution in [2.24, 2.45) is 0 Å². The van der Waals surface area contributed by atoms with Crippen LogP contribution in [-0.2, 0) is 19.8 Å². The molecule has 2 rings (SSSR count). The van der Waals surface area contributed by atoms with Gasteiger partial charge in [0.25, 0.3) is 0 Å². The number of benzene rings is 1. The van der Waals surface area contributed by atoms with E-state index in [1.54, 1.807) is 0 Å². The molecule has 1 aliphatic rings. The normalized spacial score (nSPS) is 17.6. The second-order valence-electron chi connectivity index (χ2n) is 5.13. The highest BCUT2D eigenvalue weighted by Gasteiger charge is 2.33. The van der Waals surface area contributed by atoms with Crippen LogP contribution in [0.5, 0.6) is 0 Å². The third-order valence-corrected chi connectivity index (χ3v) is 4.27. The number of rotatable bonds is 5. The number of anilines is 2. The largest absolute Gasteiger partial charge is 0.442 e. The highest BCUT2D eigenvalue weighted by atomic mass is 32.2. The lowest BCUT2D eigenvalue weighted by Crippen LogP contribution is -2.33. The van der Waals surface area contributed by atoms with Crippen LogP contribution in [0.25, 0.3) is 0 Å². The number of halogens is 1. The number of nitrogens with one attached hydrogen (secondary N) is 1. The molecule has 1 saturated heterocycles. The first-order valence-electron chi connectivity index (χ1n) is 6.83. The van der Waals surface area contributed by atoms with Gasteiger partial charge in [0.1, 0.15) is 11.9 Å². The molecule has 1 aromatic rings. The first-order valence-corrected chi connectivity index (χ1v) is 8.22. The Balaban J connectivity index is 2.17. The molecule has 9 nitrogen and oxygen atoms in total. The summed E-state index contributed by atoms with van der Waals surface area (Å²) < 4.78 is 50.6. The lowest BCUT2D eigenvalue weighted by Gasteiger charge is -2.18. The number of amides is 2. The van der Waals surface area contributed by atoms with Crippen LogP contribution in [0.3, 0.4) is 0 Å². The second kappa shape index (κ2) is 6.61. The molecule has 0 radical (unpaired) electrons. The molecule has 1 atom stereocenters. The lowest BCUT2D eigenvalue weighted by molar-refractivity contribution is -0.119. The summed E-state index contributed by atoms with van der Waals surface area (Å²) >= 11 is 0. The molecule has 11 heteroatoms. The van der Waals surface area contributed by atoms with E-state index in [-0.39, 0.29) is 30.4 Å². The van der Waals surface area contributed by atoms with Crippen molar-refractivity contribution in [3.8, 4) is 0 Å². The molecule has 0 saturated carbocycles. The number of ether oxygens (including phenoxy) is 1. The fourth-order valence-corrected chi connectivity index (χ4v) is 2.54. The van der Waals surface area contributed by atoms with Crippen LogP contribution in [-0.4, -0.2) is 51.2 Å². The number of carbonyl (C=O) groups is 2. The van der Waals surface area contributed by atoms with Gasteiger partial charge in [-0.1, -0.05) is 0 Å². The molecule has 24 heavy (non-hydrogen) atoms. The van der Waals surface area contributed by atoms with Crippen molar-refractivity contribution in [2.45, 2.75) is 13.0 Å². The molecule has 1 heterocycles. The zero-order valence-corrected chi connectivity index (χ0v) is 13.7. The molecule has 0 aliphatic carbocycles. The van der Waals surface area contributed by atoms with Gasteiger partial charge in [-0.25, -0.2) is 13.5 Å². The molecular weight excluding hydrogens is 345 g/mol. The van der Waals surface area contributed by atoms with E-state index in [2.05, 4.69) is 5.32 Å². The van der Waals surface area contributed by atoms with Crippen LogP contribution >= 0.6 is 0 Å². The van der Waals surface area contributed by atoms with Crippen LogP contribution in [0.2, 0.25) is 0 Å². The highest BCUT2D eigenvalue weighted by molar-refractivity contribution is 7.87. The van der Waals surface area contributed by atoms with Crippen molar-refractivity contribution in [3.05, 3.63) is 24.0 Å². The predicted molar refractivity (Wildman–Crippen MR) is 82.7 cm³/mol. The molecule has 0 unspecified atom stereocenters. The van der Waals surface area contributed by atoms with Crippen molar-refractivity contribution in [2.75, 3.05) is 29.3 Å². The van der Waals surface area contributed by atoms with Gasteiger partial charge in [-0.3, -0.25) is 14.2 Å². The minimum atomic E-state index is -4.60. The standard InChI is InChI=1S/C13H16FN3O6S/c1-8(18)15-6-10-7-17(13(19)23-10)9-3-4-12(11(14)5-9)16(2)24(20,21)22/h3-5,10H,6-7H2,1-2H3,(H,15,18)(H,20,21,22)/t10-/m0/s1. The molecule has 1 aromatic carbocycles. The molecule has 0 bridgehead atoms. The highest BCUT2D eigenvalue weighted by Crippen LogP contribution is 2.28. The molecular formula is C13H16FN3O6S. The first-order chi connectivity index (χ1) is 11.1. The van der Waals surface area contributed by atoms with Gasteiger partial charge in [-0.15, -0.1) is 0 Å². The molecule has 132 valence electrons. The van der Waals surface area contributed by atoms with Crippen LogP contribution in [0.15, 0.2) is 18.2 Å². The maximum atomic E-state index is 14.1. The Bertz CT molecular complexity index is 769. The van der Waals surface area contributed by atoms with Crippen LogP contribution in [0, 0.1) is 5.82 Å². The maximum Gasteiger partial charge on any atom is 0.414 e. The molecule has 0 spiro atoms. The average Bonchev–Trinajstić information content (AvgIpc) is 2.84. The van der Waals surface area contributed by atoms with Gasteiger partial charge in [0.05, 0.1) is 24.5 Å². The van der Waals surface area contributed by atoms with E-state index in [0.29, 0.717) is 4.31 Å². The fraction of sp³-hybridized carbons (Fsp3) is 0.385. The zero-order valence-electron chi connectivity index (χ0n) is 12.9. The first kappa shape index (κ1) is 17.9. The van der Waals surface area contributed by atoms with Crippen molar-refractivity contribution >= 4 is 33.7 Å². The van der Waals surface area contributed by atoms with Gasteiger partial charge in [-0.2, -0.15) is 8.42 Å². The Morgan fingerprint density at radius 2 is 2.21 bits per heavy atom. The fourth-order valence-electron chi connectivity index (χ4n) is 2.14. The molecule has 0 aromatic heterocycles. The second-order valence-corrected chi connectivity index (χ2v) is 6.58. The van der Waals surface area contributed by atoms with E-state index >= 15 is 0 Å². The van der Waals surface area contributed by atoms with E-state index in [1.807, 2.05) is 0 Å². The number of hydrogen-bond donors (Lipinski definition) is 2. The van der Waals surface area contributed by atoms with Crippen LogP contribution in [0.4, 0.5) is 20.6 Å². The number of nitrogens with zero attached hydrogens (tertiary/aromatic N) is 2. The Labute approximate surface area is 137 Å². The summed E-state index contributed by atoms with van der Waals surface area (Å²) in [6.07, 6.45) is -1.29. The van der Waals surface area contributed by atoms with E-state index in [1.165, 1.54) is 13.0 Å². The van der Waals surface area contributed by atoms with Crippen molar-refractivity contribution in [1.82, 2.24) is 5.32 Å². The van der Waals surface area contributed by atoms with Crippen molar-refractivity contribution in [1.29, 1.82) is 0 Å². The predicted octanol–water partition coefficient (Wildman–Crippen LogP) is 0.526. The zero-order chi connectivity index (χ0) is 18.1. The SMILES string of the molecule is CC(=O)NC[C@H]1CN(c2ccc(N(C)S(=O)(=O)O)c(F)c2)C(=O)O1.